The van der Waals surface area contributed by atoms with Gasteiger partial charge in [0, 0.05) is 25.0 Å². The monoisotopic (exact) mass is 544 g/mol. The average molecular weight is 545 g/mol. The molecule has 0 saturated heterocycles. The van der Waals surface area contributed by atoms with Crippen molar-refractivity contribution in [3.8, 4) is 5.75 Å². The van der Waals surface area contributed by atoms with E-state index in [2.05, 4.69) is 25.9 Å². The third-order valence-electron chi connectivity index (χ3n) is 6.07. The zero-order chi connectivity index (χ0) is 28.1. The molecule has 0 aliphatic carbocycles. The van der Waals surface area contributed by atoms with Crippen LogP contribution in [0, 0.1) is 5.92 Å². The van der Waals surface area contributed by atoms with Gasteiger partial charge in [-0.3, -0.25) is 9.32 Å². The zero-order valence-electron chi connectivity index (χ0n) is 23.0. The van der Waals surface area contributed by atoms with Gasteiger partial charge in [-0.05, 0) is 41.2 Å². The van der Waals surface area contributed by atoms with E-state index < -0.39 is 25.4 Å². The van der Waals surface area contributed by atoms with Gasteiger partial charge in [-0.2, -0.15) is 5.09 Å². The van der Waals surface area contributed by atoms with Gasteiger partial charge in [0.1, 0.15) is 17.4 Å². The lowest BCUT2D eigenvalue weighted by Crippen LogP contribution is -2.41. The van der Waals surface area contributed by atoms with E-state index in [0.29, 0.717) is 17.0 Å². The summed E-state index contributed by atoms with van der Waals surface area (Å²) in [5, 5.41) is 3.54. The lowest BCUT2D eigenvalue weighted by molar-refractivity contribution is -0.143. The normalized spacial score (nSPS) is 14.2. The van der Waals surface area contributed by atoms with Crippen molar-refractivity contribution in [1.29, 1.82) is 0 Å². The van der Waals surface area contributed by atoms with Gasteiger partial charge in [0.25, 0.3) is 0 Å². The lowest BCUT2D eigenvalue weighted by Gasteiger charge is -2.27. The van der Waals surface area contributed by atoms with Crippen LogP contribution in [0.15, 0.2) is 63.8 Å². The average Bonchev–Trinajstić information content (AvgIpc) is 2.85. The summed E-state index contributed by atoms with van der Waals surface area (Å²) in [7, 11) is -0.935. The van der Waals surface area contributed by atoms with Gasteiger partial charge in [-0.25, -0.2) is 9.36 Å². The predicted molar refractivity (Wildman–Crippen MR) is 149 cm³/mol. The number of carbonyl (C=O) groups is 1. The van der Waals surface area contributed by atoms with Crippen LogP contribution in [0.3, 0.4) is 0 Å². The van der Waals surface area contributed by atoms with Crippen LogP contribution in [0.4, 0.5) is 5.69 Å². The van der Waals surface area contributed by atoms with Gasteiger partial charge in [0.2, 0.25) is 0 Å². The minimum absolute atomic E-state index is 0.0275. The Bertz CT molecular complexity index is 1350. The van der Waals surface area contributed by atoms with Gasteiger partial charge >= 0.3 is 19.3 Å². The molecular formula is C28H37N2O7P. The van der Waals surface area contributed by atoms with E-state index in [1.807, 2.05) is 24.1 Å². The molecule has 1 heterocycles. The Labute approximate surface area is 223 Å². The molecule has 38 heavy (non-hydrogen) atoms. The van der Waals surface area contributed by atoms with Crippen LogP contribution in [0.1, 0.15) is 40.2 Å². The number of hydrogen-bond donors (Lipinski definition) is 1. The summed E-state index contributed by atoms with van der Waals surface area (Å²) >= 11 is 0. The molecule has 3 aromatic rings. The van der Waals surface area contributed by atoms with Gasteiger partial charge in [-0.1, -0.05) is 58.9 Å². The second kappa shape index (κ2) is 12.2. The molecule has 0 bridgehead atoms. The van der Waals surface area contributed by atoms with Gasteiger partial charge in [0.15, 0.2) is 0 Å². The Morgan fingerprint density at radius 2 is 1.79 bits per heavy atom. The molecule has 2 unspecified atom stereocenters. The highest BCUT2D eigenvalue weighted by atomic mass is 31.2. The maximum absolute atomic E-state index is 13.8. The van der Waals surface area contributed by atoms with Crippen LogP contribution in [0.5, 0.6) is 5.75 Å². The molecule has 206 valence electrons. The minimum atomic E-state index is -4.01. The molecule has 0 spiro atoms. The van der Waals surface area contributed by atoms with Crippen molar-refractivity contribution >= 4 is 30.4 Å². The van der Waals surface area contributed by atoms with Crippen LogP contribution < -0.4 is 20.1 Å². The molecule has 3 rings (SSSR count). The zero-order valence-corrected chi connectivity index (χ0v) is 23.9. The second-order valence-corrected chi connectivity index (χ2v) is 12.1. The van der Waals surface area contributed by atoms with Gasteiger partial charge < -0.3 is 18.6 Å². The molecule has 0 amide bonds. The molecular weight excluding hydrogens is 507 g/mol. The van der Waals surface area contributed by atoms with E-state index in [0.717, 1.165) is 10.9 Å². The van der Waals surface area contributed by atoms with E-state index in [1.54, 1.807) is 50.2 Å². The first-order valence-electron chi connectivity index (χ1n) is 12.5. The number of anilines is 1. The SMILES string of the molecule is COC(=O)C(NP(=O)(OCCN(C)c1cc(=O)oc2ccc(C(C)(C)C)cc12)Oc1ccccc1)C(C)C. The minimum Gasteiger partial charge on any atom is -0.468 e. The van der Waals surface area contributed by atoms with Crippen molar-refractivity contribution in [2.75, 3.05) is 32.2 Å². The molecule has 10 heteroatoms. The third kappa shape index (κ3) is 7.47. The first-order chi connectivity index (χ1) is 17.8. The number of hydrogen-bond acceptors (Lipinski definition) is 8. The molecule has 9 nitrogen and oxygen atoms in total. The van der Waals surface area contributed by atoms with Gasteiger partial charge in [0.05, 0.1) is 19.4 Å². The fraction of sp³-hybridized carbons (Fsp3) is 0.429. The van der Waals surface area contributed by atoms with E-state index in [4.69, 9.17) is 18.2 Å². The Kier molecular flexibility index (Phi) is 9.41. The van der Waals surface area contributed by atoms with E-state index >= 15 is 0 Å². The Hall–Kier alpha value is -3.13. The summed E-state index contributed by atoms with van der Waals surface area (Å²) < 4.78 is 35.6. The number of nitrogens with one attached hydrogen (secondary N) is 1. The van der Waals surface area contributed by atoms with Crippen LogP contribution in [0.2, 0.25) is 0 Å². The molecule has 0 radical (unpaired) electrons. The molecule has 2 aromatic carbocycles. The lowest BCUT2D eigenvalue weighted by atomic mass is 9.86. The maximum atomic E-state index is 13.8. The van der Waals surface area contributed by atoms with Gasteiger partial charge in [-0.15, -0.1) is 0 Å². The van der Waals surface area contributed by atoms with Crippen molar-refractivity contribution in [3.63, 3.8) is 0 Å². The Balaban J connectivity index is 1.84. The first kappa shape index (κ1) is 29.4. The fourth-order valence-electron chi connectivity index (χ4n) is 3.83. The molecule has 0 fully saturated rings. The second-order valence-electron chi connectivity index (χ2n) is 10.4. The smallest absolute Gasteiger partial charge is 0.459 e. The summed E-state index contributed by atoms with van der Waals surface area (Å²) in [5.41, 5.74) is 1.67. The van der Waals surface area contributed by atoms with Crippen molar-refractivity contribution in [1.82, 2.24) is 5.09 Å². The summed E-state index contributed by atoms with van der Waals surface area (Å²) in [5.74, 6) is -0.492. The number of esters is 1. The molecule has 1 aromatic heterocycles. The predicted octanol–water partition coefficient (Wildman–Crippen LogP) is 5.52. The number of methoxy groups -OCH3 is 1. The fourth-order valence-corrected chi connectivity index (χ4v) is 5.47. The highest BCUT2D eigenvalue weighted by Gasteiger charge is 2.36. The summed E-state index contributed by atoms with van der Waals surface area (Å²) in [6, 6.07) is 14.9. The standard InChI is InChI=1S/C28H37N2O7P/c1-19(2)26(27(32)34-7)29-38(33,37-21-11-9-8-10-12-21)35-16-15-30(6)23-18-25(31)36-24-14-13-20(17-22(23)24)28(3,4)5/h8-14,17-19,26H,15-16H2,1-7H3,(H,29,33). The van der Waals surface area contributed by atoms with Crippen molar-refractivity contribution in [3.05, 3.63) is 70.6 Å². The molecule has 0 aliphatic rings. The molecule has 1 N–H and O–H groups in total. The topological polar surface area (TPSA) is 107 Å². The maximum Gasteiger partial charge on any atom is 0.459 e. The molecule has 2 atom stereocenters. The summed E-state index contributed by atoms with van der Waals surface area (Å²) in [6.07, 6.45) is 0. The van der Waals surface area contributed by atoms with Crippen LogP contribution in [-0.4, -0.2) is 39.3 Å². The number of ether oxygens (including phenoxy) is 1. The highest BCUT2D eigenvalue weighted by Crippen LogP contribution is 2.45. The summed E-state index contributed by atoms with van der Waals surface area (Å²) in [6.45, 7) is 10.2. The largest absolute Gasteiger partial charge is 0.468 e. The number of para-hydroxylation sites is 1. The van der Waals surface area contributed by atoms with Crippen molar-refractivity contribution in [2.45, 2.75) is 46.1 Å². The number of fused-ring (bicyclic) bond motifs is 1. The number of carbonyl (C=O) groups excluding carboxylic acids is 1. The summed E-state index contributed by atoms with van der Waals surface area (Å²) in [4.78, 5) is 26.4. The Morgan fingerprint density at radius 1 is 1.11 bits per heavy atom. The van der Waals surface area contributed by atoms with E-state index in [-0.39, 0.29) is 24.5 Å². The number of nitrogens with zero attached hydrogens (tertiary/aromatic N) is 1. The first-order valence-corrected chi connectivity index (χ1v) is 14.0. The van der Waals surface area contributed by atoms with Crippen LogP contribution in [-0.2, 0) is 24.0 Å². The molecule has 0 saturated carbocycles. The number of rotatable bonds is 11. The van der Waals surface area contributed by atoms with E-state index in [1.165, 1.54) is 13.2 Å². The van der Waals surface area contributed by atoms with Crippen LogP contribution >= 0.6 is 7.75 Å². The van der Waals surface area contributed by atoms with E-state index in [9.17, 15) is 14.2 Å². The molecule has 0 aliphatic heterocycles. The quantitative estimate of drug-likeness (QED) is 0.190. The number of likely N-dealkylation sites (N-methyl/N-ethyl adjacent to an activating group) is 1. The van der Waals surface area contributed by atoms with Crippen molar-refractivity contribution < 1.29 is 27.6 Å². The number of benzene rings is 2. The highest BCUT2D eigenvalue weighted by molar-refractivity contribution is 7.52. The third-order valence-corrected chi connectivity index (χ3v) is 7.64. The van der Waals surface area contributed by atoms with Crippen LogP contribution in [0.25, 0.3) is 11.0 Å². The Morgan fingerprint density at radius 3 is 2.39 bits per heavy atom. The van der Waals surface area contributed by atoms with Crippen molar-refractivity contribution in [2.24, 2.45) is 5.92 Å².